The van der Waals surface area contributed by atoms with E-state index in [1.165, 1.54) is 18.2 Å². The van der Waals surface area contributed by atoms with Gasteiger partial charge < -0.3 is 0 Å². The van der Waals surface area contributed by atoms with Crippen molar-refractivity contribution < 1.29 is 18.7 Å². The molecule has 2 aromatic rings. The third-order valence-electron chi connectivity index (χ3n) is 4.45. The number of rotatable bonds is 5. The summed E-state index contributed by atoms with van der Waals surface area (Å²) >= 11 is 3.76. The molecule has 0 spiro atoms. The van der Waals surface area contributed by atoms with Crippen LogP contribution in [0.5, 0.6) is 0 Å². The first-order valence-electron chi connectivity index (χ1n) is 7.98. The normalized spacial score (nSPS) is 17.0. The Balaban J connectivity index is 1.72. The molecule has 0 atom stereocenters. The SMILES string of the molecule is O=C(O)c1cccc(SC2=[C](F)[In]([c]3cnn(Cl)c3)[CH]=C2C2CC2)c1F. The van der Waals surface area contributed by atoms with Crippen molar-refractivity contribution in [2.75, 3.05) is 0 Å². The molecule has 0 radical (unpaired) electrons. The molecule has 1 aromatic carbocycles. The van der Waals surface area contributed by atoms with Crippen molar-refractivity contribution in [1.29, 1.82) is 0 Å². The van der Waals surface area contributed by atoms with Crippen molar-refractivity contribution in [1.82, 2.24) is 9.30 Å². The van der Waals surface area contributed by atoms with E-state index in [9.17, 15) is 9.18 Å². The van der Waals surface area contributed by atoms with E-state index >= 15 is 4.39 Å². The Kier molecular flexibility index (Phi) is 4.92. The molecule has 4 nitrogen and oxygen atoms in total. The molecule has 1 aliphatic carbocycles. The van der Waals surface area contributed by atoms with E-state index in [0.29, 0.717) is 10.8 Å². The molecule has 0 amide bonds. The topological polar surface area (TPSA) is 55.1 Å². The van der Waals surface area contributed by atoms with E-state index in [2.05, 4.69) is 5.10 Å². The summed E-state index contributed by atoms with van der Waals surface area (Å²) in [5.74, 6) is -1.86. The fourth-order valence-corrected chi connectivity index (χ4v) is 13.0. The number of nitrogens with zero attached hydrogens (tertiary/aromatic N) is 2. The van der Waals surface area contributed by atoms with Crippen LogP contribution >= 0.6 is 23.5 Å². The molecule has 4 rings (SSSR count). The van der Waals surface area contributed by atoms with E-state index in [1.807, 2.05) is 3.83 Å². The molecule has 1 N–H and O–H groups in total. The van der Waals surface area contributed by atoms with Crippen molar-refractivity contribution in [2.45, 2.75) is 17.7 Å². The summed E-state index contributed by atoms with van der Waals surface area (Å²) in [5.41, 5.74) is 0.533. The third kappa shape index (κ3) is 3.34. The van der Waals surface area contributed by atoms with Crippen LogP contribution in [-0.2, 0) is 0 Å². The first-order chi connectivity index (χ1) is 12.5. The molecular formula is C17H12ClF2InN2O2S. The van der Waals surface area contributed by atoms with E-state index < -0.39 is 38.8 Å². The van der Waals surface area contributed by atoms with Crippen LogP contribution in [0, 0.1) is 11.7 Å². The Morgan fingerprint density at radius 1 is 1.38 bits per heavy atom. The van der Waals surface area contributed by atoms with Crippen LogP contribution in [0.2, 0.25) is 0 Å². The molecule has 0 unspecified atom stereocenters. The molecule has 1 fully saturated rings. The Morgan fingerprint density at radius 2 is 2.15 bits per heavy atom. The fraction of sp³-hybridized carbons (Fsp3) is 0.176. The first-order valence-corrected chi connectivity index (χ1v) is 14.3. The van der Waals surface area contributed by atoms with Gasteiger partial charge in [-0.15, -0.1) is 0 Å². The van der Waals surface area contributed by atoms with E-state index in [1.54, 1.807) is 12.4 Å². The molecule has 0 saturated heterocycles. The number of thioether (sulfide) groups is 1. The Morgan fingerprint density at radius 3 is 2.77 bits per heavy atom. The molecule has 2 aliphatic rings. The van der Waals surface area contributed by atoms with E-state index in [4.69, 9.17) is 16.9 Å². The summed E-state index contributed by atoms with van der Waals surface area (Å²) in [5, 5.41) is 13.0. The number of benzene rings is 1. The Bertz CT molecular complexity index is 971. The number of carbonyl (C=O) groups is 1. The molecule has 26 heavy (non-hydrogen) atoms. The monoisotopic (exact) mass is 496 g/mol. The van der Waals surface area contributed by atoms with Crippen molar-refractivity contribution in [3.8, 4) is 0 Å². The number of allylic oxidation sites excluding steroid dienone is 1. The maximum absolute atomic E-state index is 15.2. The number of aromatic carboxylic acids is 1. The number of carboxylic acid groups (broad SMARTS) is 1. The first kappa shape index (κ1) is 18.1. The summed E-state index contributed by atoms with van der Waals surface area (Å²) in [4.78, 5) is 11.7. The molecule has 132 valence electrons. The van der Waals surface area contributed by atoms with Crippen molar-refractivity contribution in [3.63, 3.8) is 0 Å². The van der Waals surface area contributed by atoms with Gasteiger partial charge in [0.25, 0.3) is 0 Å². The maximum atomic E-state index is 15.2. The zero-order chi connectivity index (χ0) is 18.4. The number of carboxylic acids is 1. The zero-order valence-electron chi connectivity index (χ0n) is 13.3. The summed E-state index contributed by atoms with van der Waals surface area (Å²) < 4.78 is 33.6. The van der Waals surface area contributed by atoms with Gasteiger partial charge in [0.15, 0.2) is 0 Å². The molecule has 1 aromatic heterocycles. The Hall–Kier alpha value is -1.25. The van der Waals surface area contributed by atoms with Gasteiger partial charge in [0.05, 0.1) is 0 Å². The van der Waals surface area contributed by atoms with Gasteiger partial charge in [0, 0.05) is 0 Å². The van der Waals surface area contributed by atoms with Crippen LogP contribution < -0.4 is 3.32 Å². The van der Waals surface area contributed by atoms with Gasteiger partial charge in [-0.2, -0.15) is 0 Å². The van der Waals surface area contributed by atoms with E-state index in [-0.39, 0.29) is 8.48 Å². The number of hydrogen-bond acceptors (Lipinski definition) is 3. The quantitative estimate of drug-likeness (QED) is 0.684. The van der Waals surface area contributed by atoms with Crippen LogP contribution in [0.15, 0.2) is 53.4 Å². The second-order valence-electron chi connectivity index (χ2n) is 6.24. The minimum absolute atomic E-state index is 0.126. The second kappa shape index (κ2) is 7.05. The van der Waals surface area contributed by atoms with Crippen molar-refractivity contribution in [3.05, 3.63) is 59.9 Å². The average molecular weight is 497 g/mol. The van der Waals surface area contributed by atoms with Gasteiger partial charge in [-0.1, -0.05) is 0 Å². The van der Waals surface area contributed by atoms with Crippen LogP contribution in [0.1, 0.15) is 23.2 Å². The van der Waals surface area contributed by atoms with Gasteiger partial charge in [-0.25, -0.2) is 0 Å². The van der Waals surface area contributed by atoms with Crippen LogP contribution in [-0.4, -0.2) is 41.8 Å². The standard InChI is InChI=1S/C14H10F2O2S.C3H2ClN2.In/c1-8(9-5-6-9)12(7-15)19-11-4-2-3-10(13(11)16)14(17)18;4-6-3-1-2-5-6;/h1-4,9H,5-6H2,(H,17,18);2-3H;. The molecule has 9 heteroatoms. The summed E-state index contributed by atoms with van der Waals surface area (Å²) in [6.45, 7) is 0. The fourth-order valence-electron chi connectivity index (χ4n) is 3.01. The summed E-state index contributed by atoms with van der Waals surface area (Å²) in [6, 6.07) is 4.16. The number of hydrogen-bond donors (Lipinski definition) is 1. The molecule has 2 heterocycles. The van der Waals surface area contributed by atoms with Gasteiger partial charge in [-0.3, -0.25) is 0 Å². The molecule has 0 bridgehead atoms. The molecule has 1 saturated carbocycles. The predicted molar refractivity (Wildman–Crippen MR) is 97.0 cm³/mol. The summed E-state index contributed by atoms with van der Waals surface area (Å²) in [7, 11) is 0. The second-order valence-corrected chi connectivity index (χ2v) is 14.7. The average Bonchev–Trinajstić information content (AvgIpc) is 3.28. The van der Waals surface area contributed by atoms with E-state index in [0.717, 1.165) is 37.7 Å². The van der Waals surface area contributed by atoms with Gasteiger partial charge in [0.2, 0.25) is 0 Å². The van der Waals surface area contributed by atoms with Gasteiger partial charge in [-0.05, 0) is 0 Å². The predicted octanol–water partition coefficient (Wildman–Crippen LogP) is 3.83. The Labute approximate surface area is 165 Å². The third-order valence-corrected chi connectivity index (χ3v) is 13.7. The number of halogens is 3. The molecule has 1 aliphatic heterocycles. The molecular weight excluding hydrogens is 485 g/mol. The minimum atomic E-state index is -3.03. The van der Waals surface area contributed by atoms with Crippen molar-refractivity contribution in [2.24, 2.45) is 5.92 Å². The summed E-state index contributed by atoms with van der Waals surface area (Å²) in [6.07, 6.45) is 5.21. The van der Waals surface area contributed by atoms with Gasteiger partial charge >= 0.3 is 166 Å². The van der Waals surface area contributed by atoms with Crippen LogP contribution in [0.3, 0.4) is 0 Å². The zero-order valence-corrected chi connectivity index (χ0v) is 18.2. The number of aromatic nitrogens is 2. The van der Waals surface area contributed by atoms with Gasteiger partial charge in [0.1, 0.15) is 0 Å². The van der Waals surface area contributed by atoms with Crippen molar-refractivity contribution >= 4 is 54.3 Å². The van der Waals surface area contributed by atoms with Crippen LogP contribution in [0.4, 0.5) is 8.78 Å². The van der Waals surface area contributed by atoms with Crippen LogP contribution in [0.25, 0.3) is 0 Å².